The summed E-state index contributed by atoms with van der Waals surface area (Å²) in [6, 6.07) is 4.64. The van der Waals surface area contributed by atoms with Crippen molar-refractivity contribution >= 4 is 29.0 Å². The highest BCUT2D eigenvalue weighted by atomic mass is 32.2. The van der Waals surface area contributed by atoms with Gasteiger partial charge in [0.2, 0.25) is 5.91 Å². The number of carbonyl (C=O) groups is 1. The molecule has 0 saturated heterocycles. The number of nitrogens with one attached hydrogen (secondary N) is 1. The van der Waals surface area contributed by atoms with E-state index in [1.54, 1.807) is 19.1 Å². The van der Waals surface area contributed by atoms with Crippen LogP contribution in [-0.4, -0.2) is 26.6 Å². The van der Waals surface area contributed by atoms with Gasteiger partial charge in [0.25, 0.3) is 5.69 Å². The Morgan fingerprint density at radius 2 is 2.12 bits per heavy atom. The molecule has 0 spiro atoms. The number of anilines is 1. The normalized spacial score (nSPS) is 12.7. The Morgan fingerprint density at radius 1 is 1.32 bits per heavy atom. The first-order valence-electron chi connectivity index (χ1n) is 7.98. The molecule has 1 aliphatic carbocycles. The van der Waals surface area contributed by atoms with Crippen LogP contribution in [0.2, 0.25) is 0 Å². The van der Waals surface area contributed by atoms with Crippen LogP contribution in [0.1, 0.15) is 28.9 Å². The highest BCUT2D eigenvalue weighted by molar-refractivity contribution is 7.99. The van der Waals surface area contributed by atoms with Gasteiger partial charge in [0.15, 0.2) is 5.16 Å². The summed E-state index contributed by atoms with van der Waals surface area (Å²) in [5, 5.41) is 14.2. The first-order valence-corrected chi connectivity index (χ1v) is 8.96. The molecule has 1 N–H and O–H groups in total. The predicted molar refractivity (Wildman–Crippen MR) is 96.0 cm³/mol. The summed E-state index contributed by atoms with van der Waals surface area (Å²) in [6.45, 7) is 3.63. The van der Waals surface area contributed by atoms with E-state index in [9.17, 15) is 14.9 Å². The number of hydrogen-bond acceptors (Lipinski definition) is 6. The van der Waals surface area contributed by atoms with Crippen molar-refractivity contribution in [3.63, 3.8) is 0 Å². The zero-order chi connectivity index (χ0) is 18.0. The molecular formula is C17H18N4O3S. The van der Waals surface area contributed by atoms with Gasteiger partial charge in [0.05, 0.1) is 10.7 Å². The molecule has 0 unspecified atom stereocenters. The molecule has 0 saturated carbocycles. The lowest BCUT2D eigenvalue weighted by Crippen LogP contribution is -2.14. The van der Waals surface area contributed by atoms with Gasteiger partial charge in [-0.05, 0) is 44.7 Å². The van der Waals surface area contributed by atoms with Crippen LogP contribution < -0.4 is 5.32 Å². The molecule has 0 aliphatic heterocycles. The highest BCUT2D eigenvalue weighted by Crippen LogP contribution is 2.26. The molecule has 8 heteroatoms. The lowest BCUT2D eigenvalue weighted by molar-refractivity contribution is -0.385. The maximum absolute atomic E-state index is 12.1. The fourth-order valence-electron chi connectivity index (χ4n) is 2.87. The minimum Gasteiger partial charge on any atom is -0.325 e. The third kappa shape index (κ3) is 3.96. The van der Waals surface area contributed by atoms with Crippen molar-refractivity contribution in [3.8, 4) is 0 Å². The summed E-state index contributed by atoms with van der Waals surface area (Å²) in [5.74, 6) is -0.0928. The zero-order valence-electron chi connectivity index (χ0n) is 14.0. The van der Waals surface area contributed by atoms with Gasteiger partial charge in [-0.1, -0.05) is 17.8 Å². The molecule has 0 atom stereocenters. The first-order chi connectivity index (χ1) is 11.9. The molecule has 1 aromatic heterocycles. The molecule has 130 valence electrons. The Balaban J connectivity index is 1.63. The minimum atomic E-state index is -0.457. The molecule has 25 heavy (non-hydrogen) atoms. The summed E-state index contributed by atoms with van der Waals surface area (Å²) in [6.07, 6.45) is 3.09. The molecule has 3 rings (SSSR count). The van der Waals surface area contributed by atoms with E-state index >= 15 is 0 Å². The van der Waals surface area contributed by atoms with Crippen molar-refractivity contribution in [2.24, 2.45) is 0 Å². The summed E-state index contributed by atoms with van der Waals surface area (Å²) >= 11 is 1.27. The van der Waals surface area contributed by atoms with E-state index in [2.05, 4.69) is 15.3 Å². The molecule has 1 heterocycles. The zero-order valence-corrected chi connectivity index (χ0v) is 14.9. The third-order valence-electron chi connectivity index (χ3n) is 4.14. The van der Waals surface area contributed by atoms with Gasteiger partial charge in [-0.25, -0.2) is 9.97 Å². The van der Waals surface area contributed by atoms with Crippen LogP contribution in [0.3, 0.4) is 0 Å². The van der Waals surface area contributed by atoms with Crippen LogP contribution in [0.4, 0.5) is 11.4 Å². The van der Waals surface area contributed by atoms with E-state index in [0.29, 0.717) is 16.4 Å². The van der Waals surface area contributed by atoms with Gasteiger partial charge in [0.1, 0.15) is 0 Å². The second-order valence-electron chi connectivity index (χ2n) is 5.97. The molecule has 7 nitrogen and oxygen atoms in total. The number of fused-ring (bicyclic) bond motifs is 1. The number of carbonyl (C=O) groups excluding carboxylic acids is 1. The van der Waals surface area contributed by atoms with Crippen molar-refractivity contribution in [1.82, 2.24) is 9.97 Å². The van der Waals surface area contributed by atoms with Crippen LogP contribution in [-0.2, 0) is 17.6 Å². The number of benzene rings is 1. The van der Waals surface area contributed by atoms with E-state index < -0.39 is 4.92 Å². The summed E-state index contributed by atoms with van der Waals surface area (Å²) in [4.78, 5) is 31.6. The Kier molecular flexibility index (Phi) is 4.98. The fourth-order valence-corrected chi connectivity index (χ4v) is 3.58. The number of rotatable bonds is 5. The summed E-state index contributed by atoms with van der Waals surface area (Å²) < 4.78 is 0. The van der Waals surface area contributed by atoms with Crippen molar-refractivity contribution in [1.29, 1.82) is 0 Å². The molecule has 1 aromatic carbocycles. The van der Waals surface area contributed by atoms with E-state index in [0.717, 1.165) is 30.7 Å². The number of nitro benzene ring substituents is 1. The van der Waals surface area contributed by atoms with E-state index in [1.165, 1.54) is 23.4 Å². The lowest BCUT2D eigenvalue weighted by Gasteiger charge is -2.08. The highest BCUT2D eigenvalue weighted by Gasteiger charge is 2.18. The van der Waals surface area contributed by atoms with Gasteiger partial charge in [-0.2, -0.15) is 0 Å². The quantitative estimate of drug-likeness (QED) is 0.381. The number of aryl methyl sites for hydroxylation is 3. The summed E-state index contributed by atoms with van der Waals surface area (Å²) in [7, 11) is 0. The Morgan fingerprint density at radius 3 is 2.88 bits per heavy atom. The second kappa shape index (κ2) is 7.18. The van der Waals surface area contributed by atoms with Gasteiger partial charge >= 0.3 is 0 Å². The molecular weight excluding hydrogens is 340 g/mol. The molecule has 0 radical (unpaired) electrons. The molecule has 0 bridgehead atoms. The molecule has 1 aliphatic rings. The third-order valence-corrected chi connectivity index (χ3v) is 4.99. The minimum absolute atomic E-state index is 0.0111. The van der Waals surface area contributed by atoms with Gasteiger partial charge < -0.3 is 5.32 Å². The topological polar surface area (TPSA) is 98.0 Å². The number of nitrogens with zero attached hydrogens (tertiary/aromatic N) is 3. The number of amides is 1. The average Bonchev–Trinajstić information content (AvgIpc) is 3.03. The van der Waals surface area contributed by atoms with Crippen molar-refractivity contribution in [3.05, 3.63) is 50.8 Å². The van der Waals surface area contributed by atoms with E-state index in [-0.39, 0.29) is 17.3 Å². The Bertz CT molecular complexity index is 854. The number of nitro groups is 1. The molecule has 1 amide bonds. The number of thioether (sulfide) groups is 1. The van der Waals surface area contributed by atoms with Gasteiger partial charge in [-0.15, -0.1) is 0 Å². The van der Waals surface area contributed by atoms with Crippen LogP contribution in [0, 0.1) is 24.0 Å². The SMILES string of the molecule is Cc1ccc(NC(=O)CSc2nc(C)c3c(n2)CCC3)cc1[N+](=O)[O-]. The number of aromatic nitrogens is 2. The van der Waals surface area contributed by atoms with Crippen molar-refractivity contribution in [2.45, 2.75) is 38.3 Å². The van der Waals surface area contributed by atoms with Crippen LogP contribution in [0.5, 0.6) is 0 Å². The van der Waals surface area contributed by atoms with E-state index in [4.69, 9.17) is 0 Å². The summed E-state index contributed by atoms with van der Waals surface area (Å²) in [5.41, 5.74) is 4.27. The maximum Gasteiger partial charge on any atom is 0.274 e. The first kappa shape index (κ1) is 17.3. The molecule has 0 fully saturated rings. The van der Waals surface area contributed by atoms with Crippen LogP contribution >= 0.6 is 11.8 Å². The lowest BCUT2D eigenvalue weighted by atomic mass is 10.2. The standard InChI is InChI=1S/C17H18N4O3S/c1-10-6-7-12(8-15(10)21(23)24)19-16(22)9-25-17-18-11(2)13-4-3-5-14(13)20-17/h6-8H,3-5,9H2,1-2H3,(H,19,22). The number of hydrogen-bond donors (Lipinski definition) is 1. The predicted octanol–water partition coefficient (Wildman–Crippen LogP) is 3.22. The Hall–Kier alpha value is -2.48. The van der Waals surface area contributed by atoms with Crippen LogP contribution in [0.25, 0.3) is 0 Å². The van der Waals surface area contributed by atoms with E-state index in [1.807, 2.05) is 6.92 Å². The van der Waals surface area contributed by atoms with Crippen LogP contribution in [0.15, 0.2) is 23.4 Å². The Labute approximate surface area is 149 Å². The largest absolute Gasteiger partial charge is 0.325 e. The average molecular weight is 358 g/mol. The van der Waals surface area contributed by atoms with Gasteiger partial charge in [0, 0.05) is 28.7 Å². The van der Waals surface area contributed by atoms with Crippen molar-refractivity contribution in [2.75, 3.05) is 11.1 Å². The molecule has 2 aromatic rings. The fraction of sp³-hybridized carbons (Fsp3) is 0.353. The van der Waals surface area contributed by atoms with Gasteiger partial charge in [-0.3, -0.25) is 14.9 Å². The monoisotopic (exact) mass is 358 g/mol. The maximum atomic E-state index is 12.1. The smallest absolute Gasteiger partial charge is 0.274 e. The van der Waals surface area contributed by atoms with Crippen molar-refractivity contribution < 1.29 is 9.72 Å². The second-order valence-corrected chi connectivity index (χ2v) is 6.91.